The number of nitrogens with one attached hydrogen (secondary N) is 1. The summed E-state index contributed by atoms with van der Waals surface area (Å²) in [4.78, 5) is 17.4. The van der Waals surface area contributed by atoms with E-state index in [2.05, 4.69) is 26.1 Å². The van der Waals surface area contributed by atoms with Gasteiger partial charge in [0.15, 0.2) is 0 Å². The van der Waals surface area contributed by atoms with Crippen LogP contribution in [0.2, 0.25) is 0 Å². The highest BCUT2D eigenvalue weighted by Crippen LogP contribution is 2.59. The zero-order valence-electron chi connectivity index (χ0n) is 17.4. The van der Waals surface area contributed by atoms with Crippen LogP contribution in [-0.4, -0.2) is 11.6 Å². The predicted molar refractivity (Wildman–Crippen MR) is 113 cm³/mol. The Morgan fingerprint density at radius 3 is 2.57 bits per heavy atom. The molecule has 2 aliphatic carbocycles. The molecule has 0 saturated heterocycles. The van der Waals surface area contributed by atoms with E-state index in [9.17, 15) is 9.18 Å². The Morgan fingerprint density at radius 2 is 2.00 bits per heavy atom. The molecule has 1 spiro atoms. The molecule has 3 rings (SSSR count). The monoisotopic (exact) mass is 382 g/mol. The molecule has 2 aliphatic rings. The molecule has 0 aromatic heterocycles. The minimum atomic E-state index is -0.511. The van der Waals surface area contributed by atoms with Crippen molar-refractivity contribution in [3.8, 4) is 0 Å². The average Bonchev–Trinajstić information content (AvgIpc) is 3.36. The van der Waals surface area contributed by atoms with Gasteiger partial charge in [-0.25, -0.2) is 4.39 Å². The van der Waals surface area contributed by atoms with Crippen LogP contribution >= 0.6 is 0 Å². The lowest BCUT2D eigenvalue weighted by atomic mass is 10.00. The van der Waals surface area contributed by atoms with Crippen LogP contribution in [0.4, 0.5) is 4.39 Å². The number of halogens is 1. The molecule has 0 heterocycles. The van der Waals surface area contributed by atoms with E-state index in [0.29, 0.717) is 5.41 Å². The van der Waals surface area contributed by atoms with Crippen molar-refractivity contribution in [3.63, 3.8) is 0 Å². The van der Waals surface area contributed by atoms with Gasteiger partial charge in [-0.2, -0.15) is 0 Å². The van der Waals surface area contributed by atoms with Crippen LogP contribution in [0.15, 0.2) is 52.3 Å². The fraction of sp³-hybridized carbons (Fsp3) is 0.500. The summed E-state index contributed by atoms with van der Waals surface area (Å²) in [5, 5.41) is 2.89. The van der Waals surface area contributed by atoms with Crippen LogP contribution < -0.4 is 5.32 Å². The summed E-state index contributed by atoms with van der Waals surface area (Å²) in [6, 6.07) is 6.06. The third kappa shape index (κ3) is 4.43. The highest BCUT2D eigenvalue weighted by atomic mass is 19.1. The van der Waals surface area contributed by atoms with Gasteiger partial charge in [-0.1, -0.05) is 38.5 Å². The van der Waals surface area contributed by atoms with Crippen LogP contribution in [0.3, 0.4) is 0 Å². The smallest absolute Gasteiger partial charge is 0.258 e. The topological polar surface area (TPSA) is 41.5 Å². The number of benzene rings is 1. The summed E-state index contributed by atoms with van der Waals surface area (Å²) in [6.07, 6.45) is 8.52. The zero-order chi connectivity index (χ0) is 20.3. The quantitative estimate of drug-likeness (QED) is 0.562. The lowest BCUT2D eigenvalue weighted by Gasteiger charge is -2.16. The predicted octanol–water partition coefficient (Wildman–Crippen LogP) is 6.18. The highest BCUT2D eigenvalue weighted by molar-refractivity contribution is 6.01. The lowest BCUT2D eigenvalue weighted by Crippen LogP contribution is -2.27. The summed E-state index contributed by atoms with van der Waals surface area (Å²) in [5.74, 6) is -0.806. The molecule has 4 heteroatoms. The molecule has 1 unspecified atom stereocenters. The van der Waals surface area contributed by atoms with Gasteiger partial charge in [0.1, 0.15) is 5.82 Å². The van der Waals surface area contributed by atoms with Crippen LogP contribution in [0.5, 0.6) is 0 Å². The van der Waals surface area contributed by atoms with Crippen LogP contribution in [0.1, 0.15) is 76.6 Å². The number of hydrogen-bond donors (Lipinski definition) is 1. The largest absolute Gasteiger partial charge is 0.324 e. The Labute approximate surface area is 167 Å². The molecule has 0 aliphatic heterocycles. The fourth-order valence-electron chi connectivity index (χ4n) is 4.01. The van der Waals surface area contributed by atoms with Crippen molar-refractivity contribution in [2.45, 2.75) is 66.2 Å². The van der Waals surface area contributed by atoms with E-state index in [-0.39, 0.29) is 11.5 Å². The Bertz CT molecular complexity index is 846. The standard InChI is InChI=1S/C24H31FN2O/c1-5-16(3)22(27-23(28)18-9-7-8-10-20(18)25)15-26-21(6-2)19-14-24(11-12-24)13-17(19)4/h7-10,15-16H,5-6,11-14H2,1-4H3,(H,27,28)/b22-15+,26-21?. The van der Waals surface area contributed by atoms with E-state index < -0.39 is 11.7 Å². The Morgan fingerprint density at radius 1 is 1.29 bits per heavy atom. The summed E-state index contributed by atoms with van der Waals surface area (Å²) >= 11 is 0. The Hall–Kier alpha value is -2.23. The first-order valence-corrected chi connectivity index (χ1v) is 10.4. The van der Waals surface area contributed by atoms with Gasteiger partial charge in [-0.15, -0.1) is 0 Å². The van der Waals surface area contributed by atoms with Gasteiger partial charge < -0.3 is 5.32 Å². The molecular weight excluding hydrogens is 351 g/mol. The second-order valence-corrected chi connectivity index (χ2v) is 8.37. The van der Waals surface area contributed by atoms with Crippen molar-refractivity contribution in [2.75, 3.05) is 0 Å². The third-order valence-electron chi connectivity index (χ3n) is 6.23. The number of rotatable bonds is 7. The lowest BCUT2D eigenvalue weighted by molar-refractivity contribution is 0.0957. The number of nitrogens with zero attached hydrogens (tertiary/aromatic N) is 1. The van der Waals surface area contributed by atoms with E-state index >= 15 is 0 Å². The SMILES string of the molecule is CCC(=N/C=C(/NC(=O)c1ccccc1F)C(C)CC)C1=C(C)CC2(CC2)C1. The minimum absolute atomic E-state index is 0.0569. The van der Waals surface area contributed by atoms with Crippen LogP contribution in [0, 0.1) is 17.2 Å². The second-order valence-electron chi connectivity index (χ2n) is 8.37. The van der Waals surface area contributed by atoms with Crippen LogP contribution in [0.25, 0.3) is 0 Å². The number of aliphatic imine (C=N–C) groups is 1. The molecule has 0 bridgehead atoms. The van der Waals surface area contributed by atoms with Crippen LogP contribution in [-0.2, 0) is 0 Å². The van der Waals surface area contributed by atoms with E-state index in [1.54, 1.807) is 18.3 Å². The maximum absolute atomic E-state index is 14.0. The summed E-state index contributed by atoms with van der Waals surface area (Å²) < 4.78 is 14.0. The van der Waals surface area contributed by atoms with Gasteiger partial charge >= 0.3 is 0 Å². The van der Waals surface area contributed by atoms with Crippen molar-refractivity contribution < 1.29 is 9.18 Å². The van der Waals surface area contributed by atoms with Gasteiger partial charge in [0, 0.05) is 17.6 Å². The van der Waals surface area contributed by atoms with Crippen molar-refractivity contribution >= 4 is 11.6 Å². The van der Waals surface area contributed by atoms with Crippen molar-refractivity contribution in [3.05, 3.63) is 58.7 Å². The number of carbonyl (C=O) groups is 1. The molecular formula is C24H31FN2O. The van der Waals surface area contributed by atoms with Gasteiger partial charge in [0.05, 0.1) is 5.56 Å². The minimum Gasteiger partial charge on any atom is -0.324 e. The molecule has 1 saturated carbocycles. The molecule has 1 amide bonds. The van der Waals surface area contributed by atoms with E-state index in [0.717, 1.165) is 30.7 Å². The maximum atomic E-state index is 14.0. The molecule has 28 heavy (non-hydrogen) atoms. The number of carbonyl (C=O) groups excluding carboxylic acids is 1. The Kier molecular flexibility index (Phi) is 6.17. The highest BCUT2D eigenvalue weighted by Gasteiger charge is 2.47. The number of allylic oxidation sites excluding steroid dienone is 3. The third-order valence-corrected chi connectivity index (χ3v) is 6.23. The van der Waals surface area contributed by atoms with Crippen molar-refractivity contribution in [1.29, 1.82) is 0 Å². The molecule has 1 fully saturated rings. The first-order valence-electron chi connectivity index (χ1n) is 10.4. The number of amides is 1. The summed E-state index contributed by atoms with van der Waals surface area (Å²) in [5.41, 5.74) is 5.30. The van der Waals surface area contributed by atoms with Gasteiger partial charge in [-0.05, 0) is 74.5 Å². The molecule has 0 radical (unpaired) electrons. The zero-order valence-corrected chi connectivity index (χ0v) is 17.4. The Balaban J connectivity index is 1.83. The first kappa shape index (κ1) is 20.5. The molecule has 1 aromatic carbocycles. The first-order chi connectivity index (χ1) is 13.4. The molecule has 1 aromatic rings. The van der Waals surface area contributed by atoms with Crippen molar-refractivity contribution in [1.82, 2.24) is 5.32 Å². The molecule has 1 N–H and O–H groups in total. The average molecular weight is 383 g/mol. The van der Waals surface area contributed by atoms with E-state index in [4.69, 9.17) is 4.99 Å². The van der Waals surface area contributed by atoms with E-state index in [1.807, 2.05) is 6.92 Å². The molecule has 150 valence electrons. The van der Waals surface area contributed by atoms with Gasteiger partial charge in [0.2, 0.25) is 0 Å². The second kappa shape index (κ2) is 8.42. The molecule has 3 nitrogen and oxygen atoms in total. The van der Waals surface area contributed by atoms with E-state index in [1.165, 1.54) is 42.5 Å². The number of hydrogen-bond acceptors (Lipinski definition) is 2. The molecule has 1 atom stereocenters. The van der Waals surface area contributed by atoms with Gasteiger partial charge in [0.25, 0.3) is 5.91 Å². The fourth-order valence-corrected chi connectivity index (χ4v) is 4.01. The van der Waals surface area contributed by atoms with Gasteiger partial charge in [-0.3, -0.25) is 9.79 Å². The summed E-state index contributed by atoms with van der Waals surface area (Å²) in [6.45, 7) is 8.48. The summed E-state index contributed by atoms with van der Waals surface area (Å²) in [7, 11) is 0. The van der Waals surface area contributed by atoms with Crippen molar-refractivity contribution in [2.24, 2.45) is 16.3 Å². The normalized spacial score (nSPS) is 19.9. The maximum Gasteiger partial charge on any atom is 0.258 e.